The molecule has 1 atom stereocenters. The predicted molar refractivity (Wildman–Crippen MR) is 80.0 cm³/mol. The minimum atomic E-state index is -0.292. The van der Waals surface area contributed by atoms with Crippen LogP contribution in [0.1, 0.15) is 25.3 Å². The van der Waals surface area contributed by atoms with Gasteiger partial charge >= 0.3 is 0 Å². The van der Waals surface area contributed by atoms with E-state index in [1.807, 2.05) is 0 Å². The lowest BCUT2D eigenvalue weighted by Gasteiger charge is -2.47. The van der Waals surface area contributed by atoms with E-state index in [0.29, 0.717) is 5.02 Å². The summed E-state index contributed by atoms with van der Waals surface area (Å²) in [5.74, 6) is -0.292. The maximum atomic E-state index is 13.1. The summed E-state index contributed by atoms with van der Waals surface area (Å²) in [4.78, 5) is 2.36. The Balaban J connectivity index is 1.72. The van der Waals surface area contributed by atoms with E-state index in [1.54, 1.807) is 6.07 Å². The van der Waals surface area contributed by atoms with Gasteiger partial charge in [0.25, 0.3) is 0 Å². The third kappa shape index (κ3) is 3.57. The van der Waals surface area contributed by atoms with Gasteiger partial charge in [-0.25, -0.2) is 4.39 Å². The van der Waals surface area contributed by atoms with Gasteiger partial charge in [-0.15, -0.1) is 0 Å². The third-order valence-corrected chi connectivity index (χ3v) is 4.64. The second kappa shape index (κ2) is 6.21. The van der Waals surface area contributed by atoms with E-state index in [9.17, 15) is 4.39 Å². The Morgan fingerprint density at radius 2 is 2.14 bits per heavy atom. The fraction of sp³-hybridized carbons (Fsp3) is 0.625. The lowest BCUT2D eigenvalue weighted by molar-refractivity contribution is -0.185. The average molecular weight is 314 g/mol. The fourth-order valence-corrected chi connectivity index (χ4v) is 3.59. The first-order chi connectivity index (χ1) is 10.1. The van der Waals surface area contributed by atoms with Crippen LogP contribution in [0.4, 0.5) is 4.39 Å². The van der Waals surface area contributed by atoms with E-state index in [-0.39, 0.29) is 17.5 Å². The zero-order valence-electron chi connectivity index (χ0n) is 12.3. The third-order valence-electron chi connectivity index (χ3n) is 4.29. The van der Waals surface area contributed by atoms with Crippen LogP contribution >= 0.6 is 11.6 Å². The molecule has 3 rings (SSSR count). The first kappa shape index (κ1) is 15.2. The van der Waals surface area contributed by atoms with Gasteiger partial charge in [-0.3, -0.25) is 4.90 Å². The van der Waals surface area contributed by atoms with Gasteiger partial charge in [0.2, 0.25) is 0 Å². The summed E-state index contributed by atoms with van der Waals surface area (Å²) in [5.41, 5.74) is 0.872. The molecule has 2 fully saturated rings. The fourth-order valence-electron chi connectivity index (χ4n) is 3.37. The van der Waals surface area contributed by atoms with Crippen molar-refractivity contribution in [1.82, 2.24) is 4.90 Å². The van der Waals surface area contributed by atoms with Crippen molar-refractivity contribution in [2.45, 2.75) is 38.0 Å². The number of benzene rings is 1. The monoisotopic (exact) mass is 313 g/mol. The Kier molecular flexibility index (Phi) is 4.50. The zero-order valence-corrected chi connectivity index (χ0v) is 13.0. The Bertz CT molecular complexity index is 505. The number of hydrogen-bond acceptors (Lipinski definition) is 3. The second-order valence-electron chi connectivity index (χ2n) is 6.13. The molecule has 0 unspecified atom stereocenters. The van der Waals surface area contributed by atoms with Crippen LogP contribution in [0.15, 0.2) is 18.2 Å². The van der Waals surface area contributed by atoms with Gasteiger partial charge in [-0.05, 0) is 24.6 Å². The Morgan fingerprint density at radius 1 is 1.38 bits per heavy atom. The maximum Gasteiger partial charge on any atom is 0.124 e. The van der Waals surface area contributed by atoms with Gasteiger partial charge in [-0.1, -0.05) is 17.7 Å². The average Bonchev–Trinajstić information content (AvgIpc) is 2.42. The standard InChI is InChI=1S/C16H21ClFNO2/c1-12-9-19(10-13-2-3-14(18)8-15(13)17)11-16(21-12)4-6-20-7-5-16/h2-3,8,12H,4-7,9-11H2,1H3/t12-/m1/s1. The summed E-state index contributed by atoms with van der Waals surface area (Å²) in [6, 6.07) is 4.62. The molecule has 21 heavy (non-hydrogen) atoms. The van der Waals surface area contributed by atoms with Crippen LogP contribution in [0.5, 0.6) is 0 Å². The molecule has 1 spiro atoms. The van der Waals surface area contributed by atoms with Crippen molar-refractivity contribution >= 4 is 11.6 Å². The molecule has 0 amide bonds. The SMILES string of the molecule is C[C@@H]1CN(Cc2ccc(F)cc2Cl)CC2(CCOCC2)O1. The van der Waals surface area contributed by atoms with Crippen LogP contribution < -0.4 is 0 Å². The molecule has 116 valence electrons. The summed E-state index contributed by atoms with van der Waals surface area (Å²) in [7, 11) is 0. The molecule has 0 aromatic heterocycles. The molecule has 2 aliphatic rings. The highest BCUT2D eigenvalue weighted by Gasteiger charge is 2.40. The van der Waals surface area contributed by atoms with Crippen molar-refractivity contribution in [2.75, 3.05) is 26.3 Å². The molecule has 0 saturated carbocycles. The molecule has 0 N–H and O–H groups in total. The number of nitrogens with zero attached hydrogens (tertiary/aromatic N) is 1. The predicted octanol–water partition coefficient (Wildman–Crippen LogP) is 3.25. The van der Waals surface area contributed by atoms with Gasteiger partial charge in [0.15, 0.2) is 0 Å². The van der Waals surface area contributed by atoms with Gasteiger partial charge in [0, 0.05) is 50.7 Å². The number of halogens is 2. The molecule has 2 heterocycles. The Labute approximate surface area is 130 Å². The highest BCUT2D eigenvalue weighted by molar-refractivity contribution is 6.31. The quantitative estimate of drug-likeness (QED) is 0.836. The van der Waals surface area contributed by atoms with Gasteiger partial charge in [0.1, 0.15) is 5.82 Å². The van der Waals surface area contributed by atoms with Crippen molar-refractivity contribution in [3.63, 3.8) is 0 Å². The summed E-state index contributed by atoms with van der Waals surface area (Å²) in [6.45, 7) is 6.12. The van der Waals surface area contributed by atoms with Crippen LogP contribution in [0.2, 0.25) is 5.02 Å². The molecule has 0 aliphatic carbocycles. The Morgan fingerprint density at radius 3 is 2.86 bits per heavy atom. The number of ether oxygens (including phenoxy) is 2. The Hall–Kier alpha value is -0.680. The number of rotatable bonds is 2. The van der Waals surface area contributed by atoms with E-state index < -0.39 is 0 Å². The summed E-state index contributed by atoms with van der Waals surface area (Å²) < 4.78 is 24.8. The van der Waals surface area contributed by atoms with Crippen molar-refractivity contribution in [2.24, 2.45) is 0 Å². The molecule has 0 radical (unpaired) electrons. The molecule has 2 aliphatic heterocycles. The minimum absolute atomic E-state index is 0.0948. The lowest BCUT2D eigenvalue weighted by atomic mass is 9.91. The topological polar surface area (TPSA) is 21.7 Å². The van der Waals surface area contributed by atoms with Gasteiger partial charge in [-0.2, -0.15) is 0 Å². The summed E-state index contributed by atoms with van der Waals surface area (Å²) in [5, 5.41) is 0.496. The molecule has 0 bridgehead atoms. The van der Waals surface area contributed by atoms with E-state index in [1.165, 1.54) is 12.1 Å². The van der Waals surface area contributed by atoms with E-state index in [2.05, 4.69) is 11.8 Å². The molecular weight excluding hydrogens is 293 g/mol. The number of morpholine rings is 1. The largest absolute Gasteiger partial charge is 0.381 e. The van der Waals surface area contributed by atoms with E-state index in [4.69, 9.17) is 21.1 Å². The lowest BCUT2D eigenvalue weighted by Crippen LogP contribution is -2.56. The summed E-state index contributed by atoms with van der Waals surface area (Å²) >= 11 is 6.14. The molecule has 1 aromatic rings. The normalized spacial score (nSPS) is 26.1. The van der Waals surface area contributed by atoms with Gasteiger partial charge in [0.05, 0.1) is 11.7 Å². The number of hydrogen-bond donors (Lipinski definition) is 0. The molecule has 5 heteroatoms. The molecule has 1 aromatic carbocycles. The van der Waals surface area contributed by atoms with E-state index >= 15 is 0 Å². The smallest absolute Gasteiger partial charge is 0.124 e. The van der Waals surface area contributed by atoms with Crippen molar-refractivity contribution in [3.05, 3.63) is 34.6 Å². The molecule has 3 nitrogen and oxygen atoms in total. The summed E-state index contributed by atoms with van der Waals surface area (Å²) in [6.07, 6.45) is 2.06. The highest BCUT2D eigenvalue weighted by Crippen LogP contribution is 2.32. The highest BCUT2D eigenvalue weighted by atomic mass is 35.5. The van der Waals surface area contributed by atoms with Crippen LogP contribution in [-0.2, 0) is 16.0 Å². The second-order valence-corrected chi connectivity index (χ2v) is 6.54. The minimum Gasteiger partial charge on any atom is -0.381 e. The van der Waals surface area contributed by atoms with Crippen molar-refractivity contribution in [1.29, 1.82) is 0 Å². The zero-order chi connectivity index (χ0) is 14.9. The van der Waals surface area contributed by atoms with E-state index in [0.717, 1.165) is 51.3 Å². The van der Waals surface area contributed by atoms with Crippen molar-refractivity contribution < 1.29 is 13.9 Å². The molecule has 2 saturated heterocycles. The first-order valence-electron chi connectivity index (χ1n) is 7.48. The first-order valence-corrected chi connectivity index (χ1v) is 7.86. The van der Waals surface area contributed by atoms with Crippen LogP contribution in [0.25, 0.3) is 0 Å². The maximum absolute atomic E-state index is 13.1. The van der Waals surface area contributed by atoms with Gasteiger partial charge < -0.3 is 9.47 Å². The molecular formula is C16H21ClFNO2. The van der Waals surface area contributed by atoms with Crippen LogP contribution in [-0.4, -0.2) is 42.9 Å². The van der Waals surface area contributed by atoms with Crippen LogP contribution in [0.3, 0.4) is 0 Å². The van der Waals surface area contributed by atoms with Crippen LogP contribution in [0, 0.1) is 5.82 Å². The van der Waals surface area contributed by atoms with Crippen molar-refractivity contribution in [3.8, 4) is 0 Å².